The number of rotatable bonds is 2. The number of nitrogens with zero attached hydrogens (tertiary/aromatic N) is 1. The van der Waals surface area contributed by atoms with Gasteiger partial charge < -0.3 is 9.31 Å². The summed E-state index contributed by atoms with van der Waals surface area (Å²) in [6.07, 6.45) is 3.70. The number of hydrogen-bond donors (Lipinski definition) is 0. The molecule has 1 saturated heterocycles. The third-order valence-corrected chi connectivity index (χ3v) is 4.42. The smallest absolute Gasteiger partial charge is 0.399 e. The van der Waals surface area contributed by atoms with E-state index >= 15 is 0 Å². The van der Waals surface area contributed by atoms with E-state index in [4.69, 9.17) is 9.31 Å². The van der Waals surface area contributed by atoms with Gasteiger partial charge >= 0.3 is 7.12 Å². The second-order valence-electron chi connectivity index (χ2n) is 6.46. The van der Waals surface area contributed by atoms with Gasteiger partial charge in [0.15, 0.2) is 0 Å². The van der Waals surface area contributed by atoms with Crippen LogP contribution in [0.15, 0.2) is 12.3 Å². The highest BCUT2D eigenvalue weighted by Crippen LogP contribution is 2.40. The van der Waals surface area contributed by atoms with Gasteiger partial charge in [0.1, 0.15) is 5.82 Å². The van der Waals surface area contributed by atoms with Crippen molar-refractivity contribution < 1.29 is 13.7 Å². The van der Waals surface area contributed by atoms with Gasteiger partial charge in [-0.3, -0.25) is 4.98 Å². The van der Waals surface area contributed by atoms with Gasteiger partial charge in [-0.2, -0.15) is 0 Å². The first-order chi connectivity index (χ1) is 8.82. The lowest BCUT2D eigenvalue weighted by atomic mass is 9.78. The Labute approximate surface area is 113 Å². The summed E-state index contributed by atoms with van der Waals surface area (Å²) in [6, 6.07) is 1.66. The van der Waals surface area contributed by atoms with E-state index in [-0.39, 0.29) is 11.7 Å². The SMILES string of the molecule is CC1(C)OB(c2ccnc(C3CC3)c2F)OC1(C)C. The normalized spacial score (nSPS) is 24.8. The summed E-state index contributed by atoms with van der Waals surface area (Å²) in [6.45, 7) is 7.86. The second kappa shape index (κ2) is 4.03. The maximum absolute atomic E-state index is 14.5. The average Bonchev–Trinajstić information content (AvgIpc) is 3.08. The molecule has 0 bridgehead atoms. The molecule has 102 valence electrons. The first-order valence-electron chi connectivity index (χ1n) is 6.82. The van der Waals surface area contributed by atoms with Gasteiger partial charge in [-0.05, 0) is 46.6 Å². The molecular formula is C14H19BFNO2. The van der Waals surface area contributed by atoms with Crippen molar-refractivity contribution in [2.24, 2.45) is 0 Å². The minimum atomic E-state index is -0.648. The molecule has 1 saturated carbocycles. The number of hydrogen-bond acceptors (Lipinski definition) is 3. The molecule has 2 fully saturated rings. The molecule has 0 N–H and O–H groups in total. The molecule has 0 spiro atoms. The van der Waals surface area contributed by atoms with Crippen LogP contribution < -0.4 is 5.46 Å². The summed E-state index contributed by atoms with van der Waals surface area (Å²) in [4.78, 5) is 4.16. The van der Waals surface area contributed by atoms with Crippen LogP contribution in [0.1, 0.15) is 52.1 Å². The van der Waals surface area contributed by atoms with E-state index in [1.54, 1.807) is 12.3 Å². The Morgan fingerprint density at radius 3 is 2.32 bits per heavy atom. The van der Waals surface area contributed by atoms with Gasteiger partial charge in [-0.1, -0.05) is 0 Å². The molecule has 1 aromatic rings. The molecule has 2 heterocycles. The van der Waals surface area contributed by atoms with E-state index in [0.717, 1.165) is 12.8 Å². The summed E-state index contributed by atoms with van der Waals surface area (Å²) >= 11 is 0. The molecule has 19 heavy (non-hydrogen) atoms. The molecule has 0 amide bonds. The van der Waals surface area contributed by atoms with Crippen LogP contribution in [0.2, 0.25) is 0 Å². The molecule has 1 aliphatic heterocycles. The molecule has 1 aromatic heterocycles. The van der Waals surface area contributed by atoms with Crippen LogP contribution in [0.5, 0.6) is 0 Å². The number of pyridine rings is 1. The number of halogens is 1. The third kappa shape index (κ3) is 2.09. The second-order valence-corrected chi connectivity index (χ2v) is 6.46. The predicted octanol–water partition coefficient (Wildman–Crippen LogP) is 2.40. The van der Waals surface area contributed by atoms with Crippen LogP contribution in [-0.4, -0.2) is 23.3 Å². The maximum atomic E-state index is 14.5. The fraction of sp³-hybridized carbons (Fsp3) is 0.643. The first-order valence-corrected chi connectivity index (χ1v) is 6.82. The lowest BCUT2D eigenvalue weighted by molar-refractivity contribution is 0.00578. The van der Waals surface area contributed by atoms with Crippen LogP contribution in [0.4, 0.5) is 4.39 Å². The Hall–Kier alpha value is -0.935. The van der Waals surface area contributed by atoms with E-state index in [2.05, 4.69) is 4.98 Å². The van der Waals surface area contributed by atoms with Crippen molar-refractivity contribution in [2.45, 2.75) is 57.7 Å². The minimum absolute atomic E-state index is 0.261. The first kappa shape index (κ1) is 13.1. The Morgan fingerprint density at radius 1 is 1.21 bits per heavy atom. The van der Waals surface area contributed by atoms with Crippen molar-refractivity contribution in [3.05, 3.63) is 23.8 Å². The fourth-order valence-corrected chi connectivity index (χ4v) is 2.27. The van der Waals surface area contributed by atoms with E-state index in [1.807, 2.05) is 27.7 Å². The molecule has 0 atom stereocenters. The van der Waals surface area contributed by atoms with Crippen LogP contribution in [0.25, 0.3) is 0 Å². The lowest BCUT2D eigenvalue weighted by Gasteiger charge is -2.32. The summed E-state index contributed by atoms with van der Waals surface area (Å²) < 4.78 is 26.3. The molecule has 0 unspecified atom stereocenters. The molecule has 1 aliphatic carbocycles. The average molecular weight is 263 g/mol. The van der Waals surface area contributed by atoms with Gasteiger partial charge in [-0.15, -0.1) is 0 Å². The fourth-order valence-electron chi connectivity index (χ4n) is 2.27. The van der Waals surface area contributed by atoms with Crippen LogP contribution in [0, 0.1) is 5.82 Å². The van der Waals surface area contributed by atoms with Crippen molar-refractivity contribution in [2.75, 3.05) is 0 Å². The maximum Gasteiger partial charge on any atom is 0.497 e. The van der Waals surface area contributed by atoms with E-state index in [1.165, 1.54) is 0 Å². The van der Waals surface area contributed by atoms with Crippen molar-refractivity contribution in [1.29, 1.82) is 0 Å². The molecule has 0 aromatic carbocycles. The van der Waals surface area contributed by atoms with Gasteiger partial charge in [0.05, 0.1) is 16.9 Å². The molecule has 3 rings (SSSR count). The summed E-state index contributed by atoms with van der Waals surface area (Å²) in [5.74, 6) is 0.0193. The highest BCUT2D eigenvalue weighted by Gasteiger charge is 2.52. The molecular weight excluding hydrogens is 244 g/mol. The Kier molecular flexibility index (Phi) is 2.77. The largest absolute Gasteiger partial charge is 0.497 e. The summed E-state index contributed by atoms with van der Waals surface area (Å²) in [5.41, 5.74) is 0.128. The van der Waals surface area contributed by atoms with Gasteiger partial charge in [-0.25, -0.2) is 4.39 Å². The van der Waals surface area contributed by atoms with Crippen molar-refractivity contribution in [1.82, 2.24) is 4.98 Å². The Bertz CT molecular complexity index is 498. The predicted molar refractivity (Wildman–Crippen MR) is 71.9 cm³/mol. The molecule has 0 radical (unpaired) electrons. The zero-order valence-electron chi connectivity index (χ0n) is 11.9. The Balaban J connectivity index is 1.94. The van der Waals surface area contributed by atoms with E-state index in [9.17, 15) is 4.39 Å². The van der Waals surface area contributed by atoms with Gasteiger partial charge in [0.25, 0.3) is 0 Å². The third-order valence-electron chi connectivity index (χ3n) is 4.42. The van der Waals surface area contributed by atoms with Crippen molar-refractivity contribution in [3.8, 4) is 0 Å². The van der Waals surface area contributed by atoms with Crippen LogP contribution in [0.3, 0.4) is 0 Å². The number of aromatic nitrogens is 1. The minimum Gasteiger partial charge on any atom is -0.399 e. The zero-order valence-corrected chi connectivity index (χ0v) is 11.9. The van der Waals surface area contributed by atoms with Gasteiger partial charge in [0, 0.05) is 17.6 Å². The van der Waals surface area contributed by atoms with Crippen molar-refractivity contribution in [3.63, 3.8) is 0 Å². The topological polar surface area (TPSA) is 31.4 Å². The van der Waals surface area contributed by atoms with Crippen molar-refractivity contribution >= 4 is 12.6 Å². The lowest BCUT2D eigenvalue weighted by Crippen LogP contribution is -2.41. The highest BCUT2D eigenvalue weighted by atomic mass is 19.1. The monoisotopic (exact) mass is 263 g/mol. The standard InChI is InChI=1S/C14H19BFNO2/c1-13(2)14(3,4)19-15(18-13)10-7-8-17-12(11(10)16)9-5-6-9/h7-9H,5-6H2,1-4H3. The molecule has 2 aliphatic rings. The van der Waals surface area contributed by atoms with Gasteiger partial charge in [0.2, 0.25) is 0 Å². The molecule has 5 heteroatoms. The van der Waals surface area contributed by atoms with E-state index in [0.29, 0.717) is 11.2 Å². The van der Waals surface area contributed by atoms with E-state index < -0.39 is 18.3 Å². The quantitative estimate of drug-likeness (QED) is 0.768. The Morgan fingerprint density at radius 2 is 1.79 bits per heavy atom. The van der Waals surface area contributed by atoms with Crippen LogP contribution in [-0.2, 0) is 9.31 Å². The highest BCUT2D eigenvalue weighted by molar-refractivity contribution is 6.62. The summed E-state index contributed by atoms with van der Waals surface area (Å²) in [7, 11) is -0.648. The summed E-state index contributed by atoms with van der Waals surface area (Å²) in [5, 5.41) is 0. The van der Waals surface area contributed by atoms with Crippen LogP contribution >= 0.6 is 0 Å². The zero-order chi connectivity index (χ0) is 13.8. The molecule has 3 nitrogen and oxygen atoms in total.